The van der Waals surface area contributed by atoms with Gasteiger partial charge in [-0.05, 0) is 17.7 Å². The minimum Gasteiger partial charge on any atom is -0.506 e. The molecule has 31 heavy (non-hydrogen) atoms. The van der Waals surface area contributed by atoms with Crippen LogP contribution >= 0.6 is 0 Å². The van der Waals surface area contributed by atoms with E-state index in [1.807, 2.05) is 5.32 Å². The highest BCUT2D eigenvalue weighted by molar-refractivity contribution is 5.98. The summed E-state index contributed by atoms with van der Waals surface area (Å²) < 4.78 is 44.5. The van der Waals surface area contributed by atoms with E-state index in [1.54, 1.807) is 0 Å². The summed E-state index contributed by atoms with van der Waals surface area (Å²) in [6, 6.07) is 4.15. The number of alkyl halides is 3. The Morgan fingerprint density at radius 2 is 1.77 bits per heavy atom. The van der Waals surface area contributed by atoms with E-state index in [0.29, 0.717) is 11.3 Å². The molecule has 9 nitrogen and oxygen atoms in total. The highest BCUT2D eigenvalue weighted by atomic mass is 19.4. The Balaban J connectivity index is 0.00000166. The second kappa shape index (κ2) is 9.62. The number of carboxylic acids is 1. The summed E-state index contributed by atoms with van der Waals surface area (Å²) in [5.41, 5.74) is -1.56. The molecule has 1 aromatic heterocycles. The van der Waals surface area contributed by atoms with Crippen molar-refractivity contribution in [3.05, 3.63) is 62.6 Å². The number of nitrogens with one attached hydrogen (secondary N) is 1. The number of halogens is 3. The molecule has 168 valence electrons. The van der Waals surface area contributed by atoms with Gasteiger partial charge in [-0.25, -0.2) is 0 Å². The van der Waals surface area contributed by atoms with Gasteiger partial charge in [-0.15, -0.1) is 0 Å². The number of pyridine rings is 1. The van der Waals surface area contributed by atoms with Gasteiger partial charge in [0, 0.05) is 12.7 Å². The summed E-state index contributed by atoms with van der Waals surface area (Å²) in [6.45, 7) is -1.03. The largest absolute Gasteiger partial charge is 0.506 e. The molecular formula is C19H19F3N2O7. The average Bonchev–Trinajstić information content (AvgIpc) is 3.21. The number of hydrogen-bond donors (Lipinski definition) is 4. The highest BCUT2D eigenvalue weighted by Crippen LogP contribution is 2.31. The average molecular weight is 444 g/mol. The standard InChI is InChI=1S/C18H15F3N2O6.CH4O/c19-18(20,21)10-3-1-9(2-4-10)6-23-12-8-29-7-11(12)15(26)14(17(23)28)16(27)22-5-13(24)25;1-2/h1-4,26H,5-8H2,(H,22,27)(H,24,25);2H,1H3. The molecule has 4 N–H and O–H groups in total. The lowest BCUT2D eigenvalue weighted by Crippen LogP contribution is -2.37. The number of carboxylic acid groups (broad SMARTS) is 1. The molecule has 2 aromatic rings. The van der Waals surface area contributed by atoms with Crippen molar-refractivity contribution in [1.82, 2.24) is 9.88 Å². The molecule has 1 aliphatic heterocycles. The van der Waals surface area contributed by atoms with E-state index in [9.17, 15) is 32.7 Å². The number of aromatic hydroxyl groups is 1. The zero-order chi connectivity index (χ0) is 23.3. The molecule has 1 amide bonds. The zero-order valence-electron chi connectivity index (χ0n) is 16.2. The SMILES string of the molecule is CO.O=C(O)CNC(=O)c1c(O)c2c(n(Cc3ccc(C(F)(F)F)cc3)c1=O)COC2. The van der Waals surface area contributed by atoms with Gasteiger partial charge in [0.15, 0.2) is 0 Å². The molecule has 0 atom stereocenters. The fourth-order valence-corrected chi connectivity index (χ4v) is 2.97. The first kappa shape index (κ1) is 23.9. The molecule has 2 heterocycles. The molecule has 0 fully saturated rings. The fraction of sp³-hybridized carbons (Fsp3) is 0.316. The zero-order valence-corrected chi connectivity index (χ0v) is 16.2. The summed E-state index contributed by atoms with van der Waals surface area (Å²) in [6.07, 6.45) is -4.50. The Labute approximate surface area is 173 Å². The highest BCUT2D eigenvalue weighted by Gasteiger charge is 2.31. The van der Waals surface area contributed by atoms with Crippen molar-refractivity contribution >= 4 is 11.9 Å². The molecule has 0 spiro atoms. The summed E-state index contributed by atoms with van der Waals surface area (Å²) in [7, 11) is 1.00. The quantitative estimate of drug-likeness (QED) is 0.541. The van der Waals surface area contributed by atoms with Crippen LogP contribution in [-0.4, -0.2) is 45.4 Å². The summed E-state index contributed by atoms with van der Waals surface area (Å²) in [5.74, 6) is -3.02. The molecule has 0 bridgehead atoms. The molecule has 1 aliphatic rings. The predicted molar refractivity (Wildman–Crippen MR) is 99.5 cm³/mol. The smallest absolute Gasteiger partial charge is 0.416 e. The van der Waals surface area contributed by atoms with Gasteiger partial charge in [0.1, 0.15) is 17.9 Å². The second-order valence-electron chi connectivity index (χ2n) is 6.30. The molecule has 3 rings (SSSR count). The van der Waals surface area contributed by atoms with E-state index < -0.39 is 47.0 Å². The van der Waals surface area contributed by atoms with Crippen molar-refractivity contribution in [1.29, 1.82) is 0 Å². The number of carbonyl (C=O) groups is 2. The van der Waals surface area contributed by atoms with Crippen molar-refractivity contribution in [3.8, 4) is 5.75 Å². The van der Waals surface area contributed by atoms with Crippen LogP contribution < -0.4 is 10.9 Å². The summed E-state index contributed by atoms with van der Waals surface area (Å²) >= 11 is 0. The number of hydrogen-bond acceptors (Lipinski definition) is 6. The fourth-order valence-electron chi connectivity index (χ4n) is 2.97. The first-order valence-corrected chi connectivity index (χ1v) is 8.75. The van der Waals surface area contributed by atoms with Gasteiger partial charge in [0.25, 0.3) is 11.5 Å². The van der Waals surface area contributed by atoms with E-state index >= 15 is 0 Å². The Kier molecular flexibility index (Phi) is 7.41. The van der Waals surface area contributed by atoms with Gasteiger partial charge >= 0.3 is 12.1 Å². The van der Waals surface area contributed by atoms with Crippen LogP contribution in [0.3, 0.4) is 0 Å². The van der Waals surface area contributed by atoms with Gasteiger partial charge in [0.05, 0.1) is 31.0 Å². The predicted octanol–water partition coefficient (Wildman–Crippen LogP) is 1.07. The van der Waals surface area contributed by atoms with Crippen LogP contribution in [-0.2, 0) is 35.5 Å². The van der Waals surface area contributed by atoms with Crippen molar-refractivity contribution in [2.45, 2.75) is 25.9 Å². The molecule has 0 saturated heterocycles. The number of aromatic nitrogens is 1. The maximum absolute atomic E-state index is 12.8. The second-order valence-corrected chi connectivity index (χ2v) is 6.30. The molecule has 0 saturated carbocycles. The number of nitrogens with zero attached hydrogens (tertiary/aromatic N) is 1. The van der Waals surface area contributed by atoms with Gasteiger partial charge in [-0.1, -0.05) is 12.1 Å². The van der Waals surface area contributed by atoms with Crippen LogP contribution in [0.15, 0.2) is 29.1 Å². The Hall–Kier alpha value is -3.38. The Bertz CT molecular complexity index is 1030. The van der Waals surface area contributed by atoms with Crippen LogP contribution in [0.25, 0.3) is 0 Å². The van der Waals surface area contributed by atoms with Crippen LogP contribution in [0, 0.1) is 0 Å². The molecular weight excluding hydrogens is 425 g/mol. The summed E-state index contributed by atoms with van der Waals surface area (Å²) in [5, 5.41) is 28.0. The lowest BCUT2D eigenvalue weighted by molar-refractivity contribution is -0.138. The van der Waals surface area contributed by atoms with E-state index in [4.69, 9.17) is 14.9 Å². The number of amides is 1. The van der Waals surface area contributed by atoms with Gasteiger partial charge < -0.3 is 29.9 Å². The molecule has 12 heteroatoms. The van der Waals surface area contributed by atoms with E-state index in [0.717, 1.165) is 23.8 Å². The van der Waals surface area contributed by atoms with Crippen LogP contribution in [0.1, 0.15) is 32.7 Å². The number of benzene rings is 1. The molecule has 0 aliphatic carbocycles. The van der Waals surface area contributed by atoms with Crippen molar-refractivity contribution in [2.24, 2.45) is 0 Å². The van der Waals surface area contributed by atoms with Crippen molar-refractivity contribution < 1.29 is 42.8 Å². The van der Waals surface area contributed by atoms with E-state index in [1.165, 1.54) is 12.1 Å². The van der Waals surface area contributed by atoms with Crippen LogP contribution in [0.2, 0.25) is 0 Å². The molecule has 0 unspecified atom stereocenters. The number of rotatable bonds is 5. The Morgan fingerprint density at radius 3 is 2.32 bits per heavy atom. The minimum absolute atomic E-state index is 0.0320. The van der Waals surface area contributed by atoms with E-state index in [-0.39, 0.29) is 25.3 Å². The number of aliphatic carboxylic acids is 1. The lowest BCUT2D eigenvalue weighted by atomic mass is 10.1. The van der Waals surface area contributed by atoms with Crippen molar-refractivity contribution in [3.63, 3.8) is 0 Å². The van der Waals surface area contributed by atoms with Crippen LogP contribution in [0.4, 0.5) is 13.2 Å². The maximum atomic E-state index is 12.8. The number of ether oxygens (including phenoxy) is 1. The number of aliphatic hydroxyl groups excluding tert-OH is 1. The number of fused-ring (bicyclic) bond motifs is 1. The number of carbonyl (C=O) groups excluding carboxylic acids is 1. The maximum Gasteiger partial charge on any atom is 0.416 e. The Morgan fingerprint density at radius 1 is 1.16 bits per heavy atom. The van der Waals surface area contributed by atoms with E-state index in [2.05, 4.69) is 0 Å². The topological polar surface area (TPSA) is 138 Å². The van der Waals surface area contributed by atoms with Gasteiger partial charge in [-0.2, -0.15) is 13.2 Å². The van der Waals surface area contributed by atoms with Crippen LogP contribution in [0.5, 0.6) is 5.75 Å². The number of aliphatic hydroxyl groups is 1. The van der Waals surface area contributed by atoms with Gasteiger partial charge in [0.2, 0.25) is 0 Å². The third-order valence-corrected chi connectivity index (χ3v) is 4.39. The van der Waals surface area contributed by atoms with Crippen molar-refractivity contribution in [2.75, 3.05) is 13.7 Å². The molecule has 1 aromatic carbocycles. The first-order chi connectivity index (χ1) is 14.6. The monoisotopic (exact) mass is 444 g/mol. The normalized spacial score (nSPS) is 12.5. The third kappa shape index (κ3) is 5.22. The first-order valence-electron chi connectivity index (χ1n) is 8.75. The summed E-state index contributed by atoms with van der Waals surface area (Å²) in [4.78, 5) is 35.7. The lowest BCUT2D eigenvalue weighted by Gasteiger charge is -2.16. The van der Waals surface area contributed by atoms with Gasteiger partial charge in [-0.3, -0.25) is 14.4 Å². The third-order valence-electron chi connectivity index (χ3n) is 4.39. The molecule has 0 radical (unpaired) electrons. The minimum atomic E-state index is -4.50.